The van der Waals surface area contributed by atoms with Crippen LogP contribution in [0.3, 0.4) is 0 Å². The molecular weight excluding hydrogens is 332 g/mol. The van der Waals surface area contributed by atoms with Crippen molar-refractivity contribution in [1.82, 2.24) is 14.7 Å². The number of hydrogen-bond acceptors (Lipinski definition) is 4. The lowest BCUT2D eigenvalue weighted by atomic mass is 9.98. The third kappa shape index (κ3) is 7.44. The second-order valence-corrected chi connectivity index (χ2v) is 8.32. The minimum atomic E-state index is 0.591. The third-order valence-corrected chi connectivity index (χ3v) is 6.06. The quantitative estimate of drug-likeness (QED) is 0.670. The van der Waals surface area contributed by atoms with E-state index in [4.69, 9.17) is 5.73 Å². The summed E-state index contributed by atoms with van der Waals surface area (Å²) in [7, 11) is 0. The van der Waals surface area contributed by atoms with Crippen LogP contribution in [0.15, 0.2) is 24.3 Å². The maximum absolute atomic E-state index is 5.89. The van der Waals surface area contributed by atoms with Gasteiger partial charge in [-0.2, -0.15) is 0 Å². The van der Waals surface area contributed by atoms with Crippen LogP contribution in [0.25, 0.3) is 0 Å². The van der Waals surface area contributed by atoms with Crippen LogP contribution in [0.1, 0.15) is 46.1 Å². The van der Waals surface area contributed by atoms with E-state index in [9.17, 15) is 0 Å². The van der Waals surface area contributed by atoms with Crippen LogP contribution in [-0.2, 0) is 6.42 Å². The van der Waals surface area contributed by atoms with E-state index in [1.54, 1.807) is 0 Å². The first-order valence-electron chi connectivity index (χ1n) is 11.1. The lowest BCUT2D eigenvalue weighted by Gasteiger charge is -2.40. The first-order valence-corrected chi connectivity index (χ1v) is 11.1. The molecule has 0 aromatic heterocycles. The fraction of sp³-hybridized carbons (Fsp3) is 0.739. The number of benzene rings is 1. The van der Waals surface area contributed by atoms with Crippen LogP contribution in [0, 0.1) is 5.92 Å². The molecule has 2 unspecified atom stereocenters. The second kappa shape index (κ2) is 11.7. The van der Waals surface area contributed by atoms with Crippen molar-refractivity contribution in [2.24, 2.45) is 5.92 Å². The van der Waals surface area contributed by atoms with Gasteiger partial charge in [-0.25, -0.2) is 0 Å². The average Bonchev–Trinajstić information content (AvgIpc) is 2.66. The molecule has 27 heavy (non-hydrogen) atoms. The van der Waals surface area contributed by atoms with E-state index in [1.165, 1.54) is 57.7 Å². The lowest BCUT2D eigenvalue weighted by Crippen LogP contribution is -2.51. The Morgan fingerprint density at radius 2 is 1.74 bits per heavy atom. The van der Waals surface area contributed by atoms with Gasteiger partial charge in [0.25, 0.3) is 0 Å². The summed E-state index contributed by atoms with van der Waals surface area (Å²) in [6.45, 7) is 18.8. The minimum Gasteiger partial charge on any atom is -0.399 e. The van der Waals surface area contributed by atoms with Gasteiger partial charge in [-0.15, -0.1) is 0 Å². The number of likely N-dealkylation sites (N-methyl/N-ethyl adjacent to an activating group) is 1. The molecule has 1 saturated heterocycles. The molecule has 0 bridgehead atoms. The van der Waals surface area contributed by atoms with Crippen LogP contribution in [-0.4, -0.2) is 73.1 Å². The number of nitrogens with zero attached hydrogens (tertiary/aromatic N) is 3. The summed E-state index contributed by atoms with van der Waals surface area (Å²) in [6, 6.07) is 9.10. The van der Waals surface area contributed by atoms with Gasteiger partial charge in [-0.3, -0.25) is 4.90 Å². The molecule has 2 rings (SSSR count). The molecule has 1 aliphatic heterocycles. The number of rotatable bonds is 9. The molecule has 0 saturated carbocycles. The maximum Gasteiger partial charge on any atom is 0.0314 e. The normalized spacial score (nSPS) is 22.7. The minimum absolute atomic E-state index is 0.591. The Labute approximate surface area is 167 Å². The van der Waals surface area contributed by atoms with E-state index in [2.05, 4.69) is 54.5 Å². The SMILES string of the molecule is CCCN1CC(C)CCN(CCN(CC)CC)CC1Cc1ccc(N)cc1. The highest BCUT2D eigenvalue weighted by molar-refractivity contribution is 5.39. The van der Waals surface area contributed by atoms with Crippen LogP contribution < -0.4 is 5.73 Å². The molecular formula is C23H42N4. The van der Waals surface area contributed by atoms with E-state index >= 15 is 0 Å². The second-order valence-electron chi connectivity index (χ2n) is 8.32. The van der Waals surface area contributed by atoms with Crippen molar-refractivity contribution in [3.8, 4) is 0 Å². The fourth-order valence-corrected chi connectivity index (χ4v) is 4.25. The van der Waals surface area contributed by atoms with Crippen LogP contribution in [0.5, 0.6) is 0 Å². The van der Waals surface area contributed by atoms with Gasteiger partial charge in [-0.1, -0.05) is 39.8 Å². The topological polar surface area (TPSA) is 35.7 Å². The Hall–Kier alpha value is -1.10. The van der Waals surface area contributed by atoms with Gasteiger partial charge in [0.05, 0.1) is 0 Å². The summed E-state index contributed by atoms with van der Waals surface area (Å²) in [5, 5.41) is 0. The fourth-order valence-electron chi connectivity index (χ4n) is 4.25. The van der Waals surface area contributed by atoms with E-state index < -0.39 is 0 Å². The molecule has 2 N–H and O–H groups in total. The zero-order valence-electron chi connectivity index (χ0n) is 18.2. The largest absolute Gasteiger partial charge is 0.399 e. The summed E-state index contributed by atoms with van der Waals surface area (Å²) >= 11 is 0. The van der Waals surface area contributed by atoms with E-state index in [-0.39, 0.29) is 0 Å². The van der Waals surface area contributed by atoms with Crippen molar-refractivity contribution < 1.29 is 0 Å². The van der Waals surface area contributed by atoms with Gasteiger partial charge in [0.15, 0.2) is 0 Å². The molecule has 1 aromatic carbocycles. The monoisotopic (exact) mass is 374 g/mol. The maximum atomic E-state index is 5.89. The van der Waals surface area contributed by atoms with E-state index in [0.717, 1.165) is 31.1 Å². The predicted octanol–water partition coefficient (Wildman–Crippen LogP) is 3.58. The zero-order chi connectivity index (χ0) is 19.6. The molecule has 154 valence electrons. The van der Waals surface area contributed by atoms with Crippen LogP contribution in [0.4, 0.5) is 5.69 Å². The first-order chi connectivity index (χ1) is 13.0. The van der Waals surface area contributed by atoms with Crippen molar-refractivity contribution in [3.63, 3.8) is 0 Å². The summed E-state index contributed by atoms with van der Waals surface area (Å²) in [4.78, 5) is 8.02. The first kappa shape index (κ1) is 22.2. The van der Waals surface area contributed by atoms with Gasteiger partial charge in [0, 0.05) is 37.9 Å². The highest BCUT2D eigenvalue weighted by atomic mass is 15.2. The smallest absolute Gasteiger partial charge is 0.0314 e. The number of anilines is 1. The summed E-state index contributed by atoms with van der Waals surface area (Å²) in [6.07, 6.45) is 3.66. The van der Waals surface area contributed by atoms with Gasteiger partial charge in [0.2, 0.25) is 0 Å². The standard InChI is InChI=1S/C23H42N4/c1-5-13-27-18-20(4)12-14-26(16-15-25(6-2)7-3)19-23(27)17-21-8-10-22(24)11-9-21/h8-11,20,23H,5-7,12-19,24H2,1-4H3. The summed E-state index contributed by atoms with van der Waals surface area (Å²) in [5.41, 5.74) is 8.16. The van der Waals surface area contributed by atoms with Crippen molar-refractivity contribution in [2.75, 3.05) is 58.1 Å². The number of hydrogen-bond donors (Lipinski definition) is 1. The molecule has 4 heteroatoms. The van der Waals surface area contributed by atoms with Gasteiger partial charge >= 0.3 is 0 Å². The average molecular weight is 375 g/mol. The molecule has 1 fully saturated rings. The van der Waals surface area contributed by atoms with E-state index in [0.29, 0.717) is 6.04 Å². The Kier molecular flexibility index (Phi) is 9.60. The Bertz CT molecular complexity index is 512. The Morgan fingerprint density at radius 1 is 1.04 bits per heavy atom. The highest BCUT2D eigenvalue weighted by Crippen LogP contribution is 2.19. The zero-order valence-corrected chi connectivity index (χ0v) is 18.2. The van der Waals surface area contributed by atoms with Gasteiger partial charge in [-0.05, 0) is 69.1 Å². The van der Waals surface area contributed by atoms with Gasteiger partial charge < -0.3 is 15.5 Å². The molecule has 2 atom stereocenters. The lowest BCUT2D eigenvalue weighted by molar-refractivity contribution is 0.0859. The predicted molar refractivity (Wildman–Crippen MR) is 118 cm³/mol. The summed E-state index contributed by atoms with van der Waals surface area (Å²) in [5.74, 6) is 0.765. The highest BCUT2D eigenvalue weighted by Gasteiger charge is 2.26. The van der Waals surface area contributed by atoms with Crippen molar-refractivity contribution >= 4 is 5.69 Å². The molecule has 1 heterocycles. The molecule has 0 radical (unpaired) electrons. The summed E-state index contributed by atoms with van der Waals surface area (Å²) < 4.78 is 0. The Morgan fingerprint density at radius 3 is 2.37 bits per heavy atom. The molecule has 1 aromatic rings. The van der Waals surface area contributed by atoms with Crippen molar-refractivity contribution in [3.05, 3.63) is 29.8 Å². The van der Waals surface area contributed by atoms with Crippen LogP contribution >= 0.6 is 0 Å². The van der Waals surface area contributed by atoms with Crippen molar-refractivity contribution in [2.45, 2.75) is 53.0 Å². The molecule has 0 amide bonds. The van der Waals surface area contributed by atoms with Crippen LogP contribution in [0.2, 0.25) is 0 Å². The molecule has 0 spiro atoms. The molecule has 0 aliphatic carbocycles. The third-order valence-electron chi connectivity index (χ3n) is 6.06. The van der Waals surface area contributed by atoms with Crippen molar-refractivity contribution in [1.29, 1.82) is 0 Å². The Balaban J connectivity index is 2.10. The number of nitrogen functional groups attached to an aromatic ring is 1. The van der Waals surface area contributed by atoms with Gasteiger partial charge in [0.1, 0.15) is 0 Å². The molecule has 4 nitrogen and oxygen atoms in total. The molecule has 1 aliphatic rings. The van der Waals surface area contributed by atoms with E-state index in [1.807, 2.05) is 12.1 Å². The number of nitrogens with two attached hydrogens (primary N) is 1.